The zero-order chi connectivity index (χ0) is 12.2. The third kappa shape index (κ3) is 4.13. The Morgan fingerprint density at radius 2 is 1.81 bits per heavy atom. The first kappa shape index (κ1) is 12.9. The summed E-state index contributed by atoms with van der Waals surface area (Å²) < 4.78 is 35.5. The maximum atomic E-state index is 11.8. The average molecular weight is 233 g/mol. The van der Waals surface area contributed by atoms with E-state index in [9.17, 15) is 18.0 Å². The summed E-state index contributed by atoms with van der Waals surface area (Å²) in [4.78, 5) is 11.3. The molecule has 0 aliphatic heterocycles. The van der Waals surface area contributed by atoms with Gasteiger partial charge >= 0.3 is 6.18 Å². The number of nitrogens with one attached hydrogen (secondary N) is 1. The number of hydrogen-bond donors (Lipinski definition) is 1. The van der Waals surface area contributed by atoms with Gasteiger partial charge in [-0.25, -0.2) is 0 Å². The first-order valence-corrected chi connectivity index (χ1v) is 5.23. The lowest BCUT2D eigenvalue weighted by atomic mass is 9.82. The largest absolute Gasteiger partial charge is 0.457 e. The highest BCUT2D eigenvalue weighted by atomic mass is 19.4. The molecular formula is C11H14F3NO. The van der Waals surface area contributed by atoms with Crippen LogP contribution in [0.2, 0.25) is 0 Å². The summed E-state index contributed by atoms with van der Waals surface area (Å²) in [6, 6.07) is 0. The first-order chi connectivity index (χ1) is 7.42. The van der Waals surface area contributed by atoms with Gasteiger partial charge in [-0.15, -0.1) is 0 Å². The van der Waals surface area contributed by atoms with Crippen molar-refractivity contribution in [3.63, 3.8) is 0 Å². The minimum Gasteiger partial charge on any atom is -0.359 e. The lowest BCUT2D eigenvalue weighted by Crippen LogP contribution is -2.30. The van der Waals surface area contributed by atoms with Gasteiger partial charge in [-0.1, -0.05) is 5.92 Å². The molecule has 2 nitrogen and oxygen atoms in total. The highest BCUT2D eigenvalue weighted by Gasteiger charge is 2.27. The quantitative estimate of drug-likeness (QED) is 0.690. The van der Waals surface area contributed by atoms with Gasteiger partial charge in [0.05, 0.1) is 0 Å². The van der Waals surface area contributed by atoms with Gasteiger partial charge in [0.25, 0.3) is 0 Å². The Kier molecular flexibility index (Phi) is 4.22. The summed E-state index contributed by atoms with van der Waals surface area (Å²) in [5.41, 5.74) is 0. The van der Waals surface area contributed by atoms with Crippen LogP contribution in [0.4, 0.5) is 13.2 Å². The van der Waals surface area contributed by atoms with Crippen molar-refractivity contribution in [1.29, 1.82) is 0 Å². The van der Waals surface area contributed by atoms with Crippen molar-refractivity contribution < 1.29 is 18.0 Å². The van der Waals surface area contributed by atoms with E-state index in [2.05, 4.69) is 11.2 Å². The molecule has 0 unspecified atom stereocenters. The number of alkyl halides is 3. The molecule has 1 amide bonds. The van der Waals surface area contributed by atoms with Crippen LogP contribution in [0.3, 0.4) is 0 Å². The van der Waals surface area contributed by atoms with Gasteiger partial charge in [-0.3, -0.25) is 4.79 Å². The Morgan fingerprint density at radius 1 is 1.25 bits per heavy atom. The zero-order valence-corrected chi connectivity index (χ0v) is 9.03. The second-order valence-corrected chi connectivity index (χ2v) is 3.93. The number of amides is 1. The molecule has 90 valence electrons. The molecule has 1 saturated carbocycles. The number of hydrogen-bond acceptors (Lipinski definition) is 1. The fourth-order valence-corrected chi connectivity index (χ4v) is 1.89. The second kappa shape index (κ2) is 5.24. The molecular weight excluding hydrogens is 219 g/mol. The van der Waals surface area contributed by atoms with Gasteiger partial charge in [0, 0.05) is 24.8 Å². The molecule has 16 heavy (non-hydrogen) atoms. The van der Waals surface area contributed by atoms with Gasteiger partial charge < -0.3 is 5.32 Å². The molecule has 1 N–H and O–H groups in total. The molecule has 5 heteroatoms. The molecule has 0 aromatic heterocycles. The summed E-state index contributed by atoms with van der Waals surface area (Å²) in [6.07, 6.45) is -2.02. The molecule has 1 aliphatic carbocycles. The summed E-state index contributed by atoms with van der Waals surface area (Å²) in [5, 5.41) is 2.55. The van der Waals surface area contributed by atoms with Crippen LogP contribution in [0.1, 0.15) is 25.7 Å². The van der Waals surface area contributed by atoms with Gasteiger partial charge in [-0.2, -0.15) is 13.2 Å². The standard InChI is InChI=1S/C11H14F3NO/c1-15-10(16)9-4-2-8(3-5-9)6-7-11(12,13)14/h8-9H,2-5H2,1H3,(H,15,16). The van der Waals surface area contributed by atoms with E-state index < -0.39 is 6.18 Å². The van der Waals surface area contributed by atoms with Gasteiger partial charge in [-0.05, 0) is 25.7 Å². The Bertz CT molecular complexity index is 305. The molecule has 1 fully saturated rings. The van der Waals surface area contributed by atoms with Crippen molar-refractivity contribution in [1.82, 2.24) is 5.32 Å². The smallest absolute Gasteiger partial charge is 0.359 e. The topological polar surface area (TPSA) is 29.1 Å². The van der Waals surface area contributed by atoms with Crippen LogP contribution < -0.4 is 5.32 Å². The number of carbonyl (C=O) groups is 1. The molecule has 0 aromatic carbocycles. The van der Waals surface area contributed by atoms with Crippen molar-refractivity contribution in [3.8, 4) is 11.8 Å². The Morgan fingerprint density at radius 3 is 2.25 bits per heavy atom. The van der Waals surface area contributed by atoms with Crippen LogP contribution in [-0.4, -0.2) is 19.1 Å². The third-order valence-electron chi connectivity index (χ3n) is 2.76. The Hall–Kier alpha value is -1.18. The molecule has 0 aromatic rings. The van der Waals surface area contributed by atoms with Crippen molar-refractivity contribution in [2.45, 2.75) is 31.9 Å². The molecule has 0 atom stereocenters. The summed E-state index contributed by atoms with van der Waals surface area (Å²) in [5.74, 6) is 3.22. The lowest BCUT2D eigenvalue weighted by molar-refractivity contribution is -0.125. The highest BCUT2D eigenvalue weighted by Crippen LogP contribution is 2.28. The Balaban J connectivity index is 2.43. The highest BCUT2D eigenvalue weighted by molar-refractivity contribution is 5.78. The van der Waals surface area contributed by atoms with E-state index in [-0.39, 0.29) is 17.7 Å². The van der Waals surface area contributed by atoms with Crippen molar-refractivity contribution in [2.24, 2.45) is 11.8 Å². The van der Waals surface area contributed by atoms with E-state index in [0.717, 1.165) is 0 Å². The van der Waals surface area contributed by atoms with Gasteiger partial charge in [0.15, 0.2) is 0 Å². The molecule has 0 radical (unpaired) electrons. The minimum absolute atomic E-state index is 0.0257. The zero-order valence-electron chi connectivity index (χ0n) is 9.03. The first-order valence-electron chi connectivity index (χ1n) is 5.23. The fraction of sp³-hybridized carbons (Fsp3) is 0.727. The minimum atomic E-state index is -4.41. The number of halogens is 3. The van der Waals surface area contributed by atoms with Gasteiger partial charge in [0.2, 0.25) is 5.91 Å². The van der Waals surface area contributed by atoms with Crippen LogP contribution in [0.5, 0.6) is 0 Å². The van der Waals surface area contributed by atoms with E-state index >= 15 is 0 Å². The van der Waals surface area contributed by atoms with E-state index in [1.165, 1.54) is 5.92 Å². The monoisotopic (exact) mass is 233 g/mol. The van der Waals surface area contributed by atoms with Crippen LogP contribution in [0.15, 0.2) is 0 Å². The molecule has 0 saturated heterocycles. The fourth-order valence-electron chi connectivity index (χ4n) is 1.89. The maximum Gasteiger partial charge on any atom is 0.457 e. The predicted molar refractivity (Wildman–Crippen MR) is 53.3 cm³/mol. The van der Waals surface area contributed by atoms with Crippen LogP contribution in [0.25, 0.3) is 0 Å². The number of carbonyl (C=O) groups excluding carboxylic acids is 1. The van der Waals surface area contributed by atoms with Crippen LogP contribution >= 0.6 is 0 Å². The molecule has 0 bridgehead atoms. The SMILES string of the molecule is CNC(=O)C1CCC(C#CC(F)(F)F)CC1. The van der Waals surface area contributed by atoms with E-state index in [1.54, 1.807) is 7.05 Å². The second-order valence-electron chi connectivity index (χ2n) is 3.93. The van der Waals surface area contributed by atoms with Crippen molar-refractivity contribution in [3.05, 3.63) is 0 Å². The molecule has 0 spiro atoms. The Labute approximate surface area is 92.6 Å². The molecule has 1 aliphatic rings. The number of rotatable bonds is 1. The normalized spacial score (nSPS) is 25.5. The average Bonchev–Trinajstić information content (AvgIpc) is 2.25. The van der Waals surface area contributed by atoms with Crippen molar-refractivity contribution in [2.75, 3.05) is 7.05 Å². The summed E-state index contributed by atoms with van der Waals surface area (Å²) in [7, 11) is 1.57. The predicted octanol–water partition coefficient (Wildman–Crippen LogP) is 2.10. The third-order valence-corrected chi connectivity index (χ3v) is 2.76. The maximum absolute atomic E-state index is 11.8. The van der Waals surface area contributed by atoms with E-state index in [1.807, 2.05) is 0 Å². The van der Waals surface area contributed by atoms with Crippen LogP contribution in [-0.2, 0) is 4.79 Å². The lowest BCUT2D eigenvalue weighted by Gasteiger charge is -2.24. The van der Waals surface area contributed by atoms with E-state index in [4.69, 9.17) is 0 Å². The summed E-state index contributed by atoms with van der Waals surface area (Å²) in [6.45, 7) is 0. The van der Waals surface area contributed by atoms with E-state index in [0.29, 0.717) is 25.7 Å². The van der Waals surface area contributed by atoms with Gasteiger partial charge in [0.1, 0.15) is 0 Å². The summed E-state index contributed by atoms with van der Waals surface area (Å²) >= 11 is 0. The molecule has 1 rings (SSSR count). The van der Waals surface area contributed by atoms with Crippen LogP contribution in [0, 0.1) is 23.7 Å². The van der Waals surface area contributed by atoms with Crippen molar-refractivity contribution >= 4 is 5.91 Å². The molecule has 0 heterocycles.